The summed E-state index contributed by atoms with van der Waals surface area (Å²) in [5.41, 5.74) is 0.942. The third-order valence-electron chi connectivity index (χ3n) is 5.54. The van der Waals surface area contributed by atoms with Crippen molar-refractivity contribution in [2.24, 2.45) is 0 Å². The summed E-state index contributed by atoms with van der Waals surface area (Å²) in [5, 5.41) is 6.43. The summed E-state index contributed by atoms with van der Waals surface area (Å²) < 4.78 is 10.9. The third-order valence-corrected chi connectivity index (χ3v) is 5.80. The molecule has 0 aliphatic carbocycles. The number of benzene rings is 2. The molecule has 1 heterocycles. The fourth-order valence-corrected chi connectivity index (χ4v) is 3.97. The summed E-state index contributed by atoms with van der Waals surface area (Å²) in [7, 11) is 1.50. The van der Waals surface area contributed by atoms with E-state index in [-0.39, 0.29) is 30.4 Å². The van der Waals surface area contributed by atoms with Crippen molar-refractivity contribution < 1.29 is 23.9 Å². The maximum Gasteiger partial charge on any atom is 0.410 e. The largest absolute Gasteiger partial charge is 0.496 e. The minimum absolute atomic E-state index is 0.0352. The smallest absolute Gasteiger partial charge is 0.410 e. The first kappa shape index (κ1) is 26.3. The van der Waals surface area contributed by atoms with E-state index in [0.29, 0.717) is 53.5 Å². The second kappa shape index (κ2) is 11.4. The van der Waals surface area contributed by atoms with Crippen LogP contribution in [-0.4, -0.2) is 54.6 Å². The topological polar surface area (TPSA) is 97.0 Å². The van der Waals surface area contributed by atoms with Crippen molar-refractivity contribution in [3.05, 3.63) is 58.6 Å². The summed E-state index contributed by atoms with van der Waals surface area (Å²) in [6.45, 7) is 6.49. The maximum atomic E-state index is 13.2. The second-order valence-electron chi connectivity index (χ2n) is 9.43. The SMILES string of the molecule is COc1cccc(C(=O)NC2CCN(C(=O)OC(C)(C)C)CC2)c1CC(=O)Nc1ccc(Cl)cc1. The molecule has 9 heteroatoms. The first-order valence-electron chi connectivity index (χ1n) is 11.6. The predicted molar refractivity (Wildman–Crippen MR) is 135 cm³/mol. The van der Waals surface area contributed by atoms with Crippen LogP contribution in [-0.2, 0) is 16.0 Å². The van der Waals surface area contributed by atoms with E-state index in [1.807, 2.05) is 20.8 Å². The fraction of sp³-hybridized carbons (Fsp3) is 0.423. The lowest BCUT2D eigenvalue weighted by Crippen LogP contribution is -2.47. The number of carbonyl (C=O) groups is 3. The molecule has 0 unspecified atom stereocenters. The molecule has 188 valence electrons. The van der Waals surface area contributed by atoms with Gasteiger partial charge in [0.25, 0.3) is 5.91 Å². The van der Waals surface area contributed by atoms with Crippen molar-refractivity contribution in [3.8, 4) is 5.75 Å². The number of ether oxygens (including phenoxy) is 2. The van der Waals surface area contributed by atoms with E-state index < -0.39 is 5.60 Å². The molecule has 2 N–H and O–H groups in total. The van der Waals surface area contributed by atoms with Crippen LogP contribution < -0.4 is 15.4 Å². The van der Waals surface area contributed by atoms with Gasteiger partial charge in [-0.2, -0.15) is 0 Å². The number of carbonyl (C=O) groups excluding carboxylic acids is 3. The highest BCUT2D eigenvalue weighted by Crippen LogP contribution is 2.25. The highest BCUT2D eigenvalue weighted by Gasteiger charge is 2.28. The van der Waals surface area contributed by atoms with Crippen LogP contribution in [0.2, 0.25) is 5.02 Å². The molecule has 2 aromatic carbocycles. The van der Waals surface area contributed by atoms with Gasteiger partial charge in [-0.3, -0.25) is 9.59 Å². The number of halogens is 1. The molecule has 1 saturated heterocycles. The number of nitrogens with zero attached hydrogens (tertiary/aromatic N) is 1. The number of likely N-dealkylation sites (tertiary alicyclic amines) is 1. The lowest BCUT2D eigenvalue weighted by Gasteiger charge is -2.33. The van der Waals surface area contributed by atoms with Crippen LogP contribution in [0.25, 0.3) is 0 Å². The van der Waals surface area contributed by atoms with Crippen LogP contribution in [0.5, 0.6) is 5.75 Å². The van der Waals surface area contributed by atoms with Crippen LogP contribution >= 0.6 is 11.6 Å². The molecule has 0 bridgehead atoms. The quantitative estimate of drug-likeness (QED) is 0.600. The maximum absolute atomic E-state index is 13.2. The van der Waals surface area contributed by atoms with Crippen molar-refractivity contribution in [2.45, 2.75) is 51.7 Å². The summed E-state index contributed by atoms with van der Waals surface area (Å²) >= 11 is 5.90. The molecule has 1 aliphatic heterocycles. The van der Waals surface area contributed by atoms with Gasteiger partial charge in [0.2, 0.25) is 5.91 Å². The number of hydrogen-bond donors (Lipinski definition) is 2. The van der Waals surface area contributed by atoms with Crippen molar-refractivity contribution >= 4 is 35.2 Å². The molecule has 3 amide bonds. The monoisotopic (exact) mass is 501 g/mol. The Bertz CT molecular complexity index is 1060. The average molecular weight is 502 g/mol. The van der Waals surface area contributed by atoms with E-state index in [4.69, 9.17) is 21.1 Å². The van der Waals surface area contributed by atoms with Gasteiger partial charge in [-0.25, -0.2) is 4.79 Å². The lowest BCUT2D eigenvalue weighted by atomic mass is 10.00. The van der Waals surface area contributed by atoms with Gasteiger partial charge in [-0.05, 0) is 70.0 Å². The number of methoxy groups -OCH3 is 1. The van der Waals surface area contributed by atoms with E-state index in [0.717, 1.165) is 0 Å². The highest BCUT2D eigenvalue weighted by molar-refractivity contribution is 6.30. The van der Waals surface area contributed by atoms with Crippen LogP contribution in [0.4, 0.5) is 10.5 Å². The summed E-state index contributed by atoms with van der Waals surface area (Å²) in [6.07, 6.45) is 0.846. The van der Waals surface area contributed by atoms with Crippen LogP contribution in [0, 0.1) is 0 Å². The summed E-state index contributed by atoms with van der Waals surface area (Å²) in [4.78, 5) is 39.8. The molecule has 1 fully saturated rings. The van der Waals surface area contributed by atoms with Gasteiger partial charge in [0.15, 0.2) is 0 Å². The summed E-state index contributed by atoms with van der Waals surface area (Å²) in [5.74, 6) is -0.103. The van der Waals surface area contributed by atoms with Crippen molar-refractivity contribution in [2.75, 3.05) is 25.5 Å². The van der Waals surface area contributed by atoms with Crippen LogP contribution in [0.3, 0.4) is 0 Å². The number of piperidine rings is 1. The first-order chi connectivity index (χ1) is 16.6. The summed E-state index contributed by atoms with van der Waals surface area (Å²) in [6, 6.07) is 11.8. The van der Waals surface area contributed by atoms with Gasteiger partial charge >= 0.3 is 6.09 Å². The molecule has 35 heavy (non-hydrogen) atoms. The molecule has 0 saturated carbocycles. The van der Waals surface area contributed by atoms with Gasteiger partial charge in [0.1, 0.15) is 11.4 Å². The van der Waals surface area contributed by atoms with E-state index in [2.05, 4.69) is 10.6 Å². The minimum Gasteiger partial charge on any atom is -0.496 e. The van der Waals surface area contributed by atoms with Crippen LogP contribution in [0.15, 0.2) is 42.5 Å². The fourth-order valence-electron chi connectivity index (χ4n) is 3.85. The molecule has 0 aromatic heterocycles. The van der Waals surface area contributed by atoms with Gasteiger partial charge in [0.05, 0.1) is 13.5 Å². The Morgan fingerprint density at radius 3 is 2.31 bits per heavy atom. The second-order valence-corrected chi connectivity index (χ2v) is 9.87. The van der Waals surface area contributed by atoms with Crippen LogP contribution in [0.1, 0.15) is 49.5 Å². The minimum atomic E-state index is -0.551. The molecule has 1 aliphatic rings. The standard InChI is InChI=1S/C26H32ClN3O5/c1-26(2,3)35-25(33)30-14-12-19(13-15-30)29-24(32)20-6-5-7-22(34-4)21(20)16-23(31)28-18-10-8-17(27)9-11-18/h5-11,19H,12-16H2,1-4H3,(H,28,31)(H,29,32). The molecule has 0 spiro atoms. The average Bonchev–Trinajstić information content (AvgIpc) is 2.80. The van der Waals surface area contributed by atoms with E-state index in [1.165, 1.54) is 7.11 Å². The molecule has 8 nitrogen and oxygen atoms in total. The Balaban J connectivity index is 1.64. The third kappa shape index (κ3) is 7.62. The Hall–Kier alpha value is -3.26. The van der Waals surface area contributed by atoms with E-state index >= 15 is 0 Å². The Morgan fingerprint density at radius 1 is 1.06 bits per heavy atom. The zero-order valence-electron chi connectivity index (χ0n) is 20.5. The van der Waals surface area contributed by atoms with Crippen molar-refractivity contribution in [1.29, 1.82) is 0 Å². The molecular formula is C26H32ClN3O5. The normalized spacial score (nSPS) is 14.3. The number of hydrogen-bond acceptors (Lipinski definition) is 5. The number of anilines is 1. The first-order valence-corrected chi connectivity index (χ1v) is 11.9. The molecular weight excluding hydrogens is 470 g/mol. The van der Waals surface area contributed by atoms with Gasteiger partial charge in [-0.15, -0.1) is 0 Å². The van der Waals surface area contributed by atoms with Gasteiger partial charge in [-0.1, -0.05) is 17.7 Å². The Kier molecular flexibility index (Phi) is 8.62. The lowest BCUT2D eigenvalue weighted by molar-refractivity contribution is -0.115. The molecule has 2 aromatic rings. The molecule has 0 atom stereocenters. The number of amides is 3. The number of nitrogens with one attached hydrogen (secondary N) is 2. The highest BCUT2D eigenvalue weighted by atomic mass is 35.5. The zero-order valence-corrected chi connectivity index (χ0v) is 21.3. The Morgan fingerprint density at radius 2 is 1.71 bits per heavy atom. The number of rotatable bonds is 6. The van der Waals surface area contributed by atoms with Crippen molar-refractivity contribution in [3.63, 3.8) is 0 Å². The predicted octanol–water partition coefficient (Wildman–Crippen LogP) is 4.66. The van der Waals surface area contributed by atoms with E-state index in [9.17, 15) is 14.4 Å². The van der Waals surface area contributed by atoms with Gasteiger partial charge < -0.3 is 25.0 Å². The Labute approximate surface area is 210 Å². The van der Waals surface area contributed by atoms with E-state index in [1.54, 1.807) is 47.4 Å². The van der Waals surface area contributed by atoms with Crippen molar-refractivity contribution in [1.82, 2.24) is 10.2 Å². The molecule has 3 rings (SSSR count). The van der Waals surface area contributed by atoms with Gasteiger partial charge in [0, 0.05) is 41.0 Å². The molecule has 0 radical (unpaired) electrons. The zero-order chi connectivity index (χ0) is 25.6.